The molecule has 1 rings (SSSR count). The maximum absolute atomic E-state index is 14.2. The normalized spacial score (nSPS) is 16.5. The highest BCUT2D eigenvalue weighted by atomic mass is 16.6. The first kappa shape index (κ1) is 58.7. The number of amides is 6. The zero-order valence-electron chi connectivity index (χ0n) is 41.9. The monoisotopic (exact) mass is 935 g/mol. The molecule has 1 unspecified atom stereocenters. The van der Waals surface area contributed by atoms with Gasteiger partial charge < -0.3 is 45.7 Å². The molecule has 0 spiro atoms. The van der Waals surface area contributed by atoms with E-state index in [2.05, 4.69) is 33.2 Å². The smallest absolute Gasteiger partial charge is 0.408 e. The van der Waals surface area contributed by atoms with Crippen molar-refractivity contribution in [2.24, 2.45) is 17.8 Å². The predicted molar refractivity (Wildman–Crippen MR) is 245 cm³/mol. The van der Waals surface area contributed by atoms with Gasteiger partial charge in [-0.05, 0) is 106 Å². The summed E-state index contributed by atoms with van der Waals surface area (Å²) in [4.78, 5) is 136. The molecule has 66 heavy (non-hydrogen) atoms. The molecule has 6 amide bonds. The molecule has 0 aromatic rings. The highest BCUT2D eigenvalue weighted by molar-refractivity contribution is 6.39. The number of alkyl carbamates (subject to hydrolysis) is 1. The maximum Gasteiger partial charge on any atom is 0.408 e. The van der Waals surface area contributed by atoms with Crippen LogP contribution in [-0.4, -0.2) is 124 Å². The molecule has 1 aliphatic heterocycles. The van der Waals surface area contributed by atoms with E-state index in [4.69, 9.17) is 14.2 Å². The molecular weight excluding hydrogens is 857 g/mol. The highest BCUT2D eigenvalue weighted by Crippen LogP contribution is 2.22. The lowest BCUT2D eigenvalue weighted by Gasteiger charge is -2.33. The summed E-state index contributed by atoms with van der Waals surface area (Å²) < 4.78 is 16.1. The summed E-state index contributed by atoms with van der Waals surface area (Å²) in [5.41, 5.74) is -2.80. The summed E-state index contributed by atoms with van der Waals surface area (Å²) in [7, 11) is 0. The van der Waals surface area contributed by atoms with E-state index in [0.29, 0.717) is 6.42 Å². The van der Waals surface area contributed by atoms with Gasteiger partial charge in [0.25, 0.3) is 0 Å². The fraction of sp³-hybridized carbons (Fsp3) is 0.745. The minimum absolute atomic E-state index is 0.00321. The molecule has 0 aromatic heterocycles. The SMILES string of the molecule is C=CCC(NC(=O)[C@@H]1CCCN1C(=O)[C@@H](NC(=O)[C@@H](NC(=O)[C@H](CCC(=O)OC(C)(C)C)NC(=O)[C@H](CC(=O)OC(C)(C)C)NC(=O)OC(C)(C)C)C(C)C)C(C)C)C(=O)C(=O)CC(C)C. The van der Waals surface area contributed by atoms with E-state index in [1.54, 1.807) is 104 Å². The van der Waals surface area contributed by atoms with Crippen LogP contribution >= 0.6 is 0 Å². The summed E-state index contributed by atoms with van der Waals surface area (Å²) in [6.45, 7) is 28.7. The number of ether oxygens (including phenoxy) is 3. The lowest BCUT2D eigenvalue weighted by molar-refractivity contribution is -0.156. The number of hydrogen-bond donors (Lipinski definition) is 5. The molecule has 19 heteroatoms. The van der Waals surface area contributed by atoms with Crippen LogP contribution in [0.1, 0.15) is 149 Å². The summed E-state index contributed by atoms with van der Waals surface area (Å²) in [5, 5.41) is 12.9. The van der Waals surface area contributed by atoms with E-state index >= 15 is 0 Å². The number of nitrogens with zero attached hydrogens (tertiary/aromatic N) is 1. The van der Waals surface area contributed by atoms with Crippen LogP contribution in [0.5, 0.6) is 0 Å². The minimum atomic E-state index is -1.61. The minimum Gasteiger partial charge on any atom is -0.460 e. The fourth-order valence-corrected chi connectivity index (χ4v) is 6.76. The number of esters is 2. The third-order valence-electron chi connectivity index (χ3n) is 9.71. The third-order valence-corrected chi connectivity index (χ3v) is 9.71. The van der Waals surface area contributed by atoms with Crippen LogP contribution in [0.4, 0.5) is 4.79 Å². The third kappa shape index (κ3) is 21.3. The van der Waals surface area contributed by atoms with Crippen molar-refractivity contribution in [1.29, 1.82) is 0 Å². The molecule has 0 bridgehead atoms. The first-order valence-corrected chi connectivity index (χ1v) is 22.8. The van der Waals surface area contributed by atoms with Gasteiger partial charge in [-0.1, -0.05) is 47.6 Å². The van der Waals surface area contributed by atoms with Crippen molar-refractivity contribution in [3.8, 4) is 0 Å². The first-order valence-electron chi connectivity index (χ1n) is 22.8. The van der Waals surface area contributed by atoms with Gasteiger partial charge in [-0.25, -0.2) is 4.79 Å². The topological polar surface area (TPSA) is 262 Å². The molecule has 1 heterocycles. The standard InChI is InChI=1S/C47H78N6O13/c1-17-19-29(38(57)33(54)24-26(2)3)48-41(60)32-20-18-23-53(32)43(62)37(28(6)7)52-42(61)36(27(4)5)51-39(58)30(21-22-34(55)64-45(8,9)10)49-40(59)31(25-35(56)65-46(11,12)13)50-44(63)66-47(14,15)16/h17,26-32,36-37H,1,18-25H2,2-16H3,(H,48,60)(H,49,59)(H,50,63)(H,51,58)(H,52,61)/t29?,30-,31-,32-,36-,37-/m0/s1. The molecule has 374 valence electrons. The van der Waals surface area contributed by atoms with Crippen molar-refractivity contribution >= 4 is 59.1 Å². The Balaban J connectivity index is 3.46. The lowest BCUT2D eigenvalue weighted by Crippen LogP contribution is -2.61. The predicted octanol–water partition coefficient (Wildman–Crippen LogP) is 3.74. The number of hydrogen-bond acceptors (Lipinski definition) is 13. The number of carbonyl (C=O) groups is 10. The van der Waals surface area contributed by atoms with Crippen molar-refractivity contribution in [3.05, 3.63) is 12.7 Å². The number of Topliss-reactive ketones (excluding diaryl/α,β-unsaturated/α-hetero) is 2. The Labute approximate surface area is 390 Å². The Hall–Kier alpha value is -5.36. The van der Waals surface area contributed by atoms with Crippen molar-refractivity contribution in [2.45, 2.75) is 202 Å². The van der Waals surface area contributed by atoms with Crippen LogP contribution in [0.15, 0.2) is 12.7 Å². The molecule has 0 radical (unpaired) electrons. The first-order chi connectivity index (χ1) is 30.2. The van der Waals surface area contributed by atoms with E-state index in [9.17, 15) is 47.9 Å². The Morgan fingerprint density at radius 2 is 1.14 bits per heavy atom. The van der Waals surface area contributed by atoms with Crippen LogP contribution in [0.3, 0.4) is 0 Å². The summed E-state index contributed by atoms with van der Waals surface area (Å²) in [5.74, 6) is -8.00. The van der Waals surface area contributed by atoms with Crippen molar-refractivity contribution in [2.75, 3.05) is 6.54 Å². The molecule has 0 aromatic carbocycles. The molecule has 5 N–H and O–H groups in total. The molecule has 1 fully saturated rings. The lowest BCUT2D eigenvalue weighted by atomic mass is 9.97. The van der Waals surface area contributed by atoms with Gasteiger partial charge in [0.15, 0.2) is 0 Å². The Bertz CT molecular complexity index is 1740. The maximum atomic E-state index is 14.2. The quantitative estimate of drug-likeness (QED) is 0.0424. The van der Waals surface area contributed by atoms with Crippen LogP contribution < -0.4 is 26.6 Å². The largest absolute Gasteiger partial charge is 0.460 e. The fourth-order valence-electron chi connectivity index (χ4n) is 6.76. The van der Waals surface area contributed by atoms with Gasteiger partial charge in [-0.15, -0.1) is 6.58 Å². The number of carbonyl (C=O) groups excluding carboxylic acids is 10. The zero-order chi connectivity index (χ0) is 51.1. The van der Waals surface area contributed by atoms with Crippen molar-refractivity contribution in [3.63, 3.8) is 0 Å². The molecule has 1 saturated heterocycles. The molecule has 1 aliphatic rings. The van der Waals surface area contributed by atoms with Gasteiger partial charge in [0.1, 0.15) is 47.0 Å². The highest BCUT2D eigenvalue weighted by Gasteiger charge is 2.41. The van der Waals surface area contributed by atoms with Gasteiger partial charge >= 0.3 is 18.0 Å². The van der Waals surface area contributed by atoms with Crippen molar-refractivity contribution in [1.82, 2.24) is 31.5 Å². The second-order valence-electron chi connectivity index (χ2n) is 20.8. The molecular formula is C47H78N6O13. The average Bonchev–Trinajstić information content (AvgIpc) is 3.64. The molecule has 6 atom stereocenters. The Kier molecular flexibility index (Phi) is 22.7. The van der Waals surface area contributed by atoms with E-state index < -0.39 is 130 Å². The number of likely N-dealkylation sites (tertiary alicyclic amines) is 1. The van der Waals surface area contributed by atoms with E-state index in [1.807, 2.05) is 0 Å². The van der Waals surface area contributed by atoms with Crippen LogP contribution in [0.25, 0.3) is 0 Å². The van der Waals surface area contributed by atoms with Gasteiger partial charge in [0.05, 0.1) is 12.5 Å². The van der Waals surface area contributed by atoms with Crippen LogP contribution in [0, 0.1) is 17.8 Å². The van der Waals surface area contributed by atoms with E-state index in [1.165, 1.54) is 11.0 Å². The molecule has 19 nitrogen and oxygen atoms in total. The van der Waals surface area contributed by atoms with Gasteiger partial charge in [-0.2, -0.15) is 0 Å². The van der Waals surface area contributed by atoms with Crippen LogP contribution in [0.2, 0.25) is 0 Å². The summed E-state index contributed by atoms with van der Waals surface area (Å²) >= 11 is 0. The van der Waals surface area contributed by atoms with Crippen molar-refractivity contribution < 1.29 is 62.2 Å². The summed E-state index contributed by atoms with van der Waals surface area (Å²) in [6.07, 6.45) is -0.250. The van der Waals surface area contributed by atoms with Gasteiger partial charge in [0, 0.05) is 19.4 Å². The molecule has 0 saturated carbocycles. The Morgan fingerprint density at radius 3 is 1.64 bits per heavy atom. The second kappa shape index (κ2) is 25.5. The Morgan fingerprint density at radius 1 is 0.621 bits per heavy atom. The molecule has 0 aliphatic carbocycles. The average molecular weight is 935 g/mol. The number of nitrogens with one attached hydrogen (secondary N) is 5. The summed E-state index contributed by atoms with van der Waals surface area (Å²) in [6, 6.07) is -7.79. The zero-order valence-corrected chi connectivity index (χ0v) is 41.9. The van der Waals surface area contributed by atoms with Gasteiger partial charge in [-0.3, -0.25) is 43.2 Å². The van der Waals surface area contributed by atoms with Gasteiger partial charge in [0.2, 0.25) is 41.1 Å². The number of ketones is 2. The van der Waals surface area contributed by atoms with E-state index in [0.717, 1.165) is 0 Å². The van der Waals surface area contributed by atoms with Crippen LogP contribution in [-0.2, 0) is 57.4 Å². The number of rotatable bonds is 23. The van der Waals surface area contributed by atoms with E-state index in [-0.39, 0.29) is 44.6 Å². The second-order valence-corrected chi connectivity index (χ2v) is 20.8.